The summed E-state index contributed by atoms with van der Waals surface area (Å²) in [5.41, 5.74) is -0.237. The average Bonchev–Trinajstić information content (AvgIpc) is 3.22. The van der Waals surface area contributed by atoms with Gasteiger partial charge in [-0.05, 0) is 24.8 Å². The van der Waals surface area contributed by atoms with Crippen molar-refractivity contribution in [2.75, 3.05) is 13.1 Å². The number of hydrogen-bond acceptors (Lipinski definition) is 7. The number of hydrogen-bond donors (Lipinski definition) is 2. The summed E-state index contributed by atoms with van der Waals surface area (Å²) in [6.07, 6.45) is 3.47. The summed E-state index contributed by atoms with van der Waals surface area (Å²) in [6.45, 7) is 3.77. The smallest absolute Gasteiger partial charge is 0.264 e. The Labute approximate surface area is 202 Å². The van der Waals surface area contributed by atoms with Gasteiger partial charge in [-0.15, -0.1) is 0 Å². The van der Waals surface area contributed by atoms with Gasteiger partial charge < -0.3 is 10.0 Å². The SMILES string of the molecule is C=CS(=O)(=O)NC(Cc1ccccc1)C(=O)N1CCC(O)(Cn2cnc3c(cnn3C)c2=O)CC1. The number of aryl methyl sites for hydroxylation is 1. The molecule has 186 valence electrons. The van der Waals surface area contributed by atoms with E-state index < -0.39 is 21.7 Å². The molecule has 0 spiro atoms. The third-order valence-corrected chi connectivity index (χ3v) is 7.35. The minimum Gasteiger partial charge on any atom is -0.388 e. The van der Waals surface area contributed by atoms with Crippen molar-refractivity contribution < 1.29 is 18.3 Å². The van der Waals surface area contributed by atoms with E-state index in [0.717, 1.165) is 11.0 Å². The first-order valence-corrected chi connectivity index (χ1v) is 12.7. The first kappa shape index (κ1) is 24.8. The summed E-state index contributed by atoms with van der Waals surface area (Å²) >= 11 is 0. The molecule has 2 aromatic heterocycles. The molecule has 3 heterocycles. The number of nitrogens with zero attached hydrogens (tertiary/aromatic N) is 5. The number of amides is 1. The molecule has 11 nitrogen and oxygen atoms in total. The quantitative estimate of drug-likeness (QED) is 0.449. The fourth-order valence-corrected chi connectivity index (χ4v) is 4.97. The zero-order valence-electron chi connectivity index (χ0n) is 19.4. The van der Waals surface area contributed by atoms with Gasteiger partial charge in [-0.25, -0.2) is 13.4 Å². The number of nitrogens with one attached hydrogen (secondary N) is 1. The number of carbonyl (C=O) groups is 1. The van der Waals surface area contributed by atoms with Crippen LogP contribution >= 0.6 is 0 Å². The Hall–Kier alpha value is -3.35. The normalized spacial score (nSPS) is 16.8. The summed E-state index contributed by atoms with van der Waals surface area (Å²) in [5.74, 6) is -0.378. The third-order valence-electron chi connectivity index (χ3n) is 6.30. The molecule has 12 heteroatoms. The molecule has 2 N–H and O–H groups in total. The Balaban J connectivity index is 1.46. The highest BCUT2D eigenvalue weighted by atomic mass is 32.2. The molecule has 0 aliphatic carbocycles. The van der Waals surface area contributed by atoms with Crippen molar-refractivity contribution in [1.29, 1.82) is 0 Å². The van der Waals surface area contributed by atoms with Crippen LogP contribution in [0.3, 0.4) is 0 Å². The minimum absolute atomic E-state index is 0.0300. The number of rotatable bonds is 8. The zero-order valence-corrected chi connectivity index (χ0v) is 20.2. The van der Waals surface area contributed by atoms with Gasteiger partial charge in [0.1, 0.15) is 17.8 Å². The molecule has 1 atom stereocenters. The largest absolute Gasteiger partial charge is 0.388 e. The number of carbonyl (C=O) groups excluding carboxylic acids is 1. The van der Waals surface area contributed by atoms with E-state index >= 15 is 0 Å². The second-order valence-corrected chi connectivity index (χ2v) is 10.5. The molecule has 1 aliphatic heterocycles. The first-order valence-electron chi connectivity index (χ1n) is 11.2. The van der Waals surface area contributed by atoms with Gasteiger partial charge in [0, 0.05) is 25.5 Å². The van der Waals surface area contributed by atoms with Crippen LogP contribution in [0.4, 0.5) is 0 Å². The number of benzene rings is 1. The molecular weight excluding hydrogens is 472 g/mol. The Kier molecular flexibility index (Phi) is 6.88. The van der Waals surface area contributed by atoms with E-state index in [1.54, 1.807) is 11.9 Å². The van der Waals surface area contributed by atoms with Gasteiger partial charge in [0.05, 0.1) is 18.3 Å². The molecule has 1 aliphatic rings. The highest BCUT2D eigenvalue weighted by molar-refractivity contribution is 7.92. The molecule has 1 amide bonds. The maximum atomic E-state index is 13.3. The van der Waals surface area contributed by atoms with Gasteiger partial charge in [0.15, 0.2) is 5.65 Å². The highest BCUT2D eigenvalue weighted by Crippen LogP contribution is 2.25. The van der Waals surface area contributed by atoms with E-state index in [0.29, 0.717) is 11.0 Å². The number of piperidine rings is 1. The average molecular weight is 501 g/mol. The van der Waals surface area contributed by atoms with E-state index in [1.807, 2.05) is 30.3 Å². The monoisotopic (exact) mass is 500 g/mol. The fourth-order valence-electron chi connectivity index (χ4n) is 4.29. The van der Waals surface area contributed by atoms with Crippen LogP contribution in [0.1, 0.15) is 18.4 Å². The lowest BCUT2D eigenvalue weighted by atomic mass is 9.90. The Morgan fingerprint density at radius 1 is 1.29 bits per heavy atom. The minimum atomic E-state index is -3.84. The lowest BCUT2D eigenvalue weighted by molar-refractivity contribution is -0.137. The molecule has 0 bridgehead atoms. The number of likely N-dealkylation sites (tertiary alicyclic amines) is 1. The lowest BCUT2D eigenvalue weighted by Gasteiger charge is -2.39. The Morgan fingerprint density at radius 3 is 2.63 bits per heavy atom. The summed E-state index contributed by atoms with van der Waals surface area (Å²) in [4.78, 5) is 31.9. The number of fused-ring (bicyclic) bond motifs is 1. The topological polar surface area (TPSA) is 139 Å². The molecule has 1 saturated heterocycles. The Morgan fingerprint density at radius 2 is 1.97 bits per heavy atom. The van der Waals surface area contributed by atoms with Crippen molar-refractivity contribution >= 4 is 27.0 Å². The van der Waals surface area contributed by atoms with Gasteiger partial charge in [0.25, 0.3) is 5.56 Å². The van der Waals surface area contributed by atoms with Crippen molar-refractivity contribution in [1.82, 2.24) is 29.0 Å². The molecule has 1 unspecified atom stereocenters. The maximum Gasteiger partial charge on any atom is 0.264 e. The van der Waals surface area contributed by atoms with E-state index in [2.05, 4.69) is 21.4 Å². The van der Waals surface area contributed by atoms with Crippen molar-refractivity contribution in [3.8, 4) is 0 Å². The van der Waals surface area contributed by atoms with Gasteiger partial charge in [-0.2, -0.15) is 9.82 Å². The molecule has 0 radical (unpaired) electrons. The molecule has 35 heavy (non-hydrogen) atoms. The van der Waals surface area contributed by atoms with Crippen LogP contribution in [0.2, 0.25) is 0 Å². The predicted molar refractivity (Wildman–Crippen MR) is 130 cm³/mol. The van der Waals surface area contributed by atoms with E-state index in [1.165, 1.54) is 21.8 Å². The van der Waals surface area contributed by atoms with Crippen LogP contribution in [-0.4, -0.2) is 68.4 Å². The summed E-state index contributed by atoms with van der Waals surface area (Å²) in [5, 5.41) is 16.3. The highest BCUT2D eigenvalue weighted by Gasteiger charge is 2.37. The molecular formula is C23H28N6O5S. The molecule has 1 fully saturated rings. The van der Waals surface area contributed by atoms with E-state index in [9.17, 15) is 23.1 Å². The van der Waals surface area contributed by atoms with Crippen LogP contribution in [-0.2, 0) is 34.8 Å². The van der Waals surface area contributed by atoms with Crippen LogP contribution in [0.25, 0.3) is 11.0 Å². The van der Waals surface area contributed by atoms with Crippen molar-refractivity contribution in [3.05, 3.63) is 70.8 Å². The van der Waals surface area contributed by atoms with Crippen molar-refractivity contribution in [3.63, 3.8) is 0 Å². The number of aromatic nitrogens is 4. The van der Waals surface area contributed by atoms with Crippen LogP contribution < -0.4 is 10.3 Å². The van der Waals surface area contributed by atoms with Crippen LogP contribution in [0, 0.1) is 0 Å². The second kappa shape index (κ2) is 9.72. The maximum absolute atomic E-state index is 13.3. The van der Waals surface area contributed by atoms with Crippen LogP contribution in [0.5, 0.6) is 0 Å². The van der Waals surface area contributed by atoms with Gasteiger partial charge >= 0.3 is 0 Å². The second-order valence-electron chi connectivity index (χ2n) is 8.80. The van der Waals surface area contributed by atoms with E-state index in [4.69, 9.17) is 0 Å². The number of sulfonamides is 1. The van der Waals surface area contributed by atoms with E-state index in [-0.39, 0.29) is 50.4 Å². The van der Waals surface area contributed by atoms with Crippen molar-refractivity contribution in [2.24, 2.45) is 7.05 Å². The Bertz CT molecular complexity index is 1390. The van der Waals surface area contributed by atoms with Gasteiger partial charge in [0.2, 0.25) is 15.9 Å². The summed E-state index contributed by atoms with van der Waals surface area (Å²) in [7, 11) is -2.15. The van der Waals surface area contributed by atoms with Gasteiger partial charge in [-0.1, -0.05) is 36.9 Å². The molecule has 0 saturated carbocycles. The summed E-state index contributed by atoms with van der Waals surface area (Å²) < 4.78 is 29.6. The predicted octanol–water partition coefficient (Wildman–Crippen LogP) is 0.158. The third kappa shape index (κ3) is 5.50. The number of aliphatic hydroxyl groups is 1. The molecule has 1 aromatic carbocycles. The van der Waals surface area contributed by atoms with Crippen LogP contribution in [0.15, 0.2) is 59.6 Å². The standard InChI is InChI=1S/C23H28N6O5S/c1-3-35(33,34)26-19(13-17-7-5-4-6-8-17)22(31)28-11-9-23(32,10-12-28)15-29-16-24-20-18(21(29)30)14-25-27(20)2/h3-8,14,16,19,26,32H,1,9-13,15H2,2H3. The lowest BCUT2D eigenvalue weighted by Crippen LogP contribution is -2.55. The van der Waals surface area contributed by atoms with Crippen molar-refractivity contribution in [2.45, 2.75) is 37.5 Å². The molecule has 3 aromatic rings. The summed E-state index contributed by atoms with van der Waals surface area (Å²) in [6, 6.07) is 8.11. The zero-order chi connectivity index (χ0) is 25.2. The fraction of sp³-hybridized carbons (Fsp3) is 0.391. The molecule has 4 rings (SSSR count). The first-order chi connectivity index (χ1) is 16.6. The van der Waals surface area contributed by atoms with Gasteiger partial charge in [-0.3, -0.25) is 18.8 Å².